The molecule has 1 fully saturated rings. The molecule has 1 aliphatic rings. The summed E-state index contributed by atoms with van der Waals surface area (Å²) in [4.78, 5) is 26.0. The largest absolute Gasteiger partial charge is 0.336 e. The van der Waals surface area contributed by atoms with Gasteiger partial charge in [-0.05, 0) is 57.5 Å². The zero-order chi connectivity index (χ0) is 20.1. The van der Waals surface area contributed by atoms with Crippen molar-refractivity contribution in [1.29, 1.82) is 0 Å². The number of hydrogen-bond acceptors (Lipinski definition) is 5. The molecule has 9 heteroatoms. The minimum absolute atomic E-state index is 0. The van der Waals surface area contributed by atoms with Crippen molar-refractivity contribution in [2.75, 3.05) is 18.4 Å². The number of anilines is 1. The van der Waals surface area contributed by atoms with Crippen molar-refractivity contribution in [2.45, 2.75) is 52.2 Å². The SMILES string of the molecule is CC(=O)N(Cc1ccc(NC(=O)c2cn(C3CCNCC3)nn2)cc1)C(C)C.Cl. The van der Waals surface area contributed by atoms with Crippen LogP contribution in [0.5, 0.6) is 0 Å². The van der Waals surface area contributed by atoms with E-state index in [0.717, 1.165) is 31.5 Å². The van der Waals surface area contributed by atoms with Crippen LogP contribution < -0.4 is 10.6 Å². The van der Waals surface area contributed by atoms with Crippen molar-refractivity contribution < 1.29 is 9.59 Å². The van der Waals surface area contributed by atoms with E-state index in [9.17, 15) is 9.59 Å². The molecule has 2 heterocycles. The Kier molecular flexibility index (Phi) is 8.16. The van der Waals surface area contributed by atoms with Crippen LogP contribution in [0.25, 0.3) is 0 Å². The lowest BCUT2D eigenvalue weighted by Gasteiger charge is -2.25. The maximum Gasteiger partial charge on any atom is 0.277 e. The summed E-state index contributed by atoms with van der Waals surface area (Å²) in [5, 5.41) is 14.3. The summed E-state index contributed by atoms with van der Waals surface area (Å²) in [5.74, 6) is -0.232. The molecule has 29 heavy (non-hydrogen) atoms. The number of aromatic nitrogens is 3. The van der Waals surface area contributed by atoms with E-state index < -0.39 is 0 Å². The monoisotopic (exact) mass is 420 g/mol. The first-order valence-corrected chi connectivity index (χ1v) is 9.74. The number of rotatable bonds is 6. The third kappa shape index (κ3) is 6.01. The lowest BCUT2D eigenvalue weighted by Crippen LogP contribution is -2.34. The molecule has 0 aliphatic carbocycles. The van der Waals surface area contributed by atoms with E-state index in [1.54, 1.807) is 22.7 Å². The number of amides is 2. The van der Waals surface area contributed by atoms with Gasteiger partial charge in [0.05, 0.1) is 12.2 Å². The van der Waals surface area contributed by atoms with E-state index in [-0.39, 0.29) is 30.3 Å². The molecule has 1 aliphatic heterocycles. The first-order chi connectivity index (χ1) is 13.4. The highest BCUT2D eigenvalue weighted by molar-refractivity contribution is 6.02. The molecule has 0 unspecified atom stereocenters. The Morgan fingerprint density at radius 2 is 1.90 bits per heavy atom. The van der Waals surface area contributed by atoms with E-state index >= 15 is 0 Å². The topological polar surface area (TPSA) is 92.2 Å². The summed E-state index contributed by atoms with van der Waals surface area (Å²) in [6.07, 6.45) is 3.69. The van der Waals surface area contributed by atoms with Crippen LogP contribution in [-0.2, 0) is 11.3 Å². The van der Waals surface area contributed by atoms with Gasteiger partial charge in [0, 0.05) is 25.2 Å². The Labute approximate surface area is 177 Å². The lowest BCUT2D eigenvalue weighted by molar-refractivity contribution is -0.131. The standard InChI is InChI=1S/C20H28N6O2.ClH/c1-14(2)25(15(3)27)12-16-4-6-17(7-5-16)22-20(28)19-13-26(24-23-19)18-8-10-21-11-9-18;/h4-7,13-14,18,21H,8-12H2,1-3H3,(H,22,28);1H. The van der Waals surface area contributed by atoms with Gasteiger partial charge < -0.3 is 15.5 Å². The van der Waals surface area contributed by atoms with Crippen LogP contribution in [0.2, 0.25) is 0 Å². The Bertz CT molecular complexity index is 815. The highest BCUT2D eigenvalue weighted by Gasteiger charge is 2.19. The second-order valence-corrected chi connectivity index (χ2v) is 7.46. The molecule has 158 valence electrons. The third-order valence-corrected chi connectivity index (χ3v) is 5.02. The van der Waals surface area contributed by atoms with Gasteiger partial charge in [-0.25, -0.2) is 4.68 Å². The van der Waals surface area contributed by atoms with Crippen molar-refractivity contribution in [3.8, 4) is 0 Å². The Morgan fingerprint density at radius 1 is 1.24 bits per heavy atom. The minimum Gasteiger partial charge on any atom is -0.336 e. The van der Waals surface area contributed by atoms with Crippen molar-refractivity contribution in [3.63, 3.8) is 0 Å². The highest BCUT2D eigenvalue weighted by atomic mass is 35.5. The summed E-state index contributed by atoms with van der Waals surface area (Å²) < 4.78 is 1.79. The van der Waals surface area contributed by atoms with Gasteiger partial charge >= 0.3 is 0 Å². The first kappa shape index (κ1) is 22.8. The maximum absolute atomic E-state index is 12.5. The molecule has 8 nitrogen and oxygen atoms in total. The fourth-order valence-corrected chi connectivity index (χ4v) is 3.37. The maximum atomic E-state index is 12.5. The van der Waals surface area contributed by atoms with Gasteiger partial charge in [0.2, 0.25) is 5.91 Å². The molecule has 1 aromatic heterocycles. The second kappa shape index (κ2) is 10.4. The van der Waals surface area contributed by atoms with E-state index in [1.807, 2.05) is 38.1 Å². The van der Waals surface area contributed by atoms with Crippen molar-refractivity contribution >= 4 is 29.9 Å². The molecule has 2 N–H and O–H groups in total. The number of benzene rings is 1. The van der Waals surface area contributed by atoms with Gasteiger partial charge in [0.1, 0.15) is 0 Å². The summed E-state index contributed by atoms with van der Waals surface area (Å²) in [5.41, 5.74) is 2.01. The molecule has 1 saturated heterocycles. The van der Waals surface area contributed by atoms with Crippen LogP contribution in [0.4, 0.5) is 5.69 Å². The van der Waals surface area contributed by atoms with Crippen molar-refractivity contribution in [2.24, 2.45) is 0 Å². The van der Waals surface area contributed by atoms with Crippen LogP contribution in [0.15, 0.2) is 30.5 Å². The lowest BCUT2D eigenvalue weighted by atomic mass is 10.1. The number of carbonyl (C=O) groups is 2. The van der Waals surface area contributed by atoms with Crippen LogP contribution in [0.1, 0.15) is 55.7 Å². The fourth-order valence-electron chi connectivity index (χ4n) is 3.37. The normalized spacial score (nSPS) is 14.3. The Morgan fingerprint density at radius 3 is 2.48 bits per heavy atom. The molecular formula is C20H29ClN6O2. The summed E-state index contributed by atoms with van der Waals surface area (Å²) in [6, 6.07) is 7.94. The molecule has 0 spiro atoms. The molecule has 0 radical (unpaired) electrons. The molecule has 0 saturated carbocycles. The molecule has 0 atom stereocenters. The molecule has 2 aromatic rings. The molecule has 2 amide bonds. The molecule has 3 rings (SSSR count). The summed E-state index contributed by atoms with van der Waals surface area (Å²) in [6.45, 7) is 8.02. The van der Waals surface area contributed by atoms with Crippen molar-refractivity contribution in [1.82, 2.24) is 25.2 Å². The number of carbonyl (C=O) groups excluding carboxylic acids is 2. The summed E-state index contributed by atoms with van der Waals surface area (Å²) >= 11 is 0. The quantitative estimate of drug-likeness (QED) is 0.749. The first-order valence-electron chi connectivity index (χ1n) is 9.74. The van der Waals surface area contributed by atoms with Gasteiger partial charge in [-0.2, -0.15) is 0 Å². The number of piperidine rings is 1. The molecular weight excluding hydrogens is 392 g/mol. The number of nitrogens with one attached hydrogen (secondary N) is 2. The second-order valence-electron chi connectivity index (χ2n) is 7.46. The molecule has 1 aromatic carbocycles. The third-order valence-electron chi connectivity index (χ3n) is 5.02. The van der Waals surface area contributed by atoms with Gasteiger partial charge in [-0.15, -0.1) is 17.5 Å². The zero-order valence-corrected chi connectivity index (χ0v) is 17.9. The smallest absolute Gasteiger partial charge is 0.277 e. The Balaban J connectivity index is 0.00000300. The van der Waals surface area contributed by atoms with Crippen LogP contribution in [-0.4, -0.2) is 50.8 Å². The predicted molar refractivity (Wildman–Crippen MR) is 114 cm³/mol. The number of hydrogen-bond donors (Lipinski definition) is 2. The summed E-state index contributed by atoms with van der Waals surface area (Å²) in [7, 11) is 0. The van der Waals surface area contributed by atoms with E-state index in [0.29, 0.717) is 24.0 Å². The zero-order valence-electron chi connectivity index (χ0n) is 17.1. The van der Waals surface area contributed by atoms with Crippen LogP contribution >= 0.6 is 12.4 Å². The van der Waals surface area contributed by atoms with Crippen LogP contribution in [0, 0.1) is 0 Å². The Hall–Kier alpha value is -2.45. The van der Waals surface area contributed by atoms with E-state index in [1.165, 1.54) is 0 Å². The van der Waals surface area contributed by atoms with E-state index in [2.05, 4.69) is 20.9 Å². The van der Waals surface area contributed by atoms with Gasteiger partial charge in [-0.3, -0.25) is 9.59 Å². The highest BCUT2D eigenvalue weighted by Crippen LogP contribution is 2.18. The number of nitrogens with zero attached hydrogens (tertiary/aromatic N) is 4. The molecule has 0 bridgehead atoms. The fraction of sp³-hybridized carbons (Fsp3) is 0.500. The average Bonchev–Trinajstić information content (AvgIpc) is 3.18. The predicted octanol–water partition coefficient (Wildman–Crippen LogP) is 2.63. The van der Waals surface area contributed by atoms with Crippen LogP contribution in [0.3, 0.4) is 0 Å². The van der Waals surface area contributed by atoms with E-state index in [4.69, 9.17) is 0 Å². The van der Waals surface area contributed by atoms with Gasteiger partial charge in [0.25, 0.3) is 5.91 Å². The minimum atomic E-state index is -0.277. The average molecular weight is 421 g/mol. The van der Waals surface area contributed by atoms with Gasteiger partial charge in [-0.1, -0.05) is 17.3 Å². The van der Waals surface area contributed by atoms with Gasteiger partial charge in [0.15, 0.2) is 5.69 Å². The van der Waals surface area contributed by atoms with Crippen molar-refractivity contribution in [3.05, 3.63) is 41.7 Å². The number of halogens is 1.